The molecule has 4 rings (SSSR count). The van der Waals surface area contributed by atoms with Gasteiger partial charge < -0.3 is 9.72 Å². The molecule has 0 unspecified atom stereocenters. The Morgan fingerprint density at radius 3 is 2.90 bits per heavy atom. The third-order valence-electron chi connectivity index (χ3n) is 4.25. The van der Waals surface area contributed by atoms with Gasteiger partial charge in [0.1, 0.15) is 10.4 Å². The number of hydrogen-bond donors (Lipinski definition) is 1. The predicted molar refractivity (Wildman–Crippen MR) is 121 cm³/mol. The topological polar surface area (TPSA) is 89.3 Å². The van der Waals surface area contributed by atoms with Gasteiger partial charge in [0.15, 0.2) is 0 Å². The number of benzene rings is 1. The third kappa shape index (κ3) is 3.96. The van der Waals surface area contributed by atoms with E-state index < -0.39 is 11.2 Å². The second kappa shape index (κ2) is 8.48. The summed E-state index contributed by atoms with van der Waals surface area (Å²) < 4.78 is 6.64. The van der Waals surface area contributed by atoms with E-state index in [9.17, 15) is 9.59 Å². The Kier molecular flexibility index (Phi) is 5.60. The van der Waals surface area contributed by atoms with E-state index in [1.807, 2.05) is 6.07 Å². The van der Waals surface area contributed by atoms with Crippen molar-refractivity contribution in [2.45, 2.75) is 0 Å². The molecular weight excluding hydrogens is 424 g/mol. The summed E-state index contributed by atoms with van der Waals surface area (Å²) in [6, 6.07) is 10.6. The molecule has 1 aromatic carbocycles. The van der Waals surface area contributed by atoms with E-state index in [1.165, 1.54) is 23.7 Å². The van der Waals surface area contributed by atoms with Crippen molar-refractivity contribution in [3.63, 3.8) is 0 Å². The number of nitrogens with one attached hydrogen (secondary N) is 1. The van der Waals surface area contributed by atoms with Gasteiger partial charge in [-0.05, 0) is 30.3 Å². The molecule has 3 aromatic heterocycles. The zero-order chi connectivity index (χ0) is 21.1. The Balaban J connectivity index is 1.72. The average Bonchev–Trinajstić information content (AvgIpc) is 3.18. The molecule has 3 heterocycles. The quantitative estimate of drug-likeness (QED) is 0.476. The van der Waals surface area contributed by atoms with Crippen LogP contribution in [0.4, 0.5) is 0 Å². The van der Waals surface area contributed by atoms with Crippen LogP contribution in [0.25, 0.3) is 26.9 Å². The fraction of sp³-hybridized carbons (Fsp3) is 0.0476. The Hall–Kier alpha value is -3.49. The number of rotatable bonds is 5. The lowest BCUT2D eigenvalue weighted by Gasteiger charge is -2.04. The minimum atomic E-state index is -0.554. The molecule has 0 saturated heterocycles. The number of methoxy groups -OCH3 is 1. The standard InChI is InChI=1S/C21H15ClN4O3S/c1-29-14-4-5-16(22)15(9-14)18-10-17-19(30-18)20(27)26(21(28)25-17)8-7-24-12-13-3-2-6-23-11-13/h2-12H,1H3,(H,25,28)/b8-7+,24-12?. The molecule has 0 radical (unpaired) electrons. The number of nitrogens with zero attached hydrogens (tertiary/aromatic N) is 3. The summed E-state index contributed by atoms with van der Waals surface area (Å²) in [5.74, 6) is 0.646. The summed E-state index contributed by atoms with van der Waals surface area (Å²) >= 11 is 7.56. The highest BCUT2D eigenvalue weighted by Crippen LogP contribution is 2.37. The SMILES string of the molecule is COc1ccc(Cl)c(-c2cc3[nH]c(=O)n(/C=C/N=Cc4cccnc4)c(=O)c3s2)c1. The molecule has 0 saturated carbocycles. The van der Waals surface area contributed by atoms with Gasteiger partial charge in [0.25, 0.3) is 5.56 Å². The molecule has 150 valence electrons. The number of hydrogen-bond acceptors (Lipinski definition) is 6. The van der Waals surface area contributed by atoms with Gasteiger partial charge in [-0.25, -0.2) is 9.36 Å². The summed E-state index contributed by atoms with van der Waals surface area (Å²) in [6.07, 6.45) is 7.60. The maximum atomic E-state index is 12.8. The van der Waals surface area contributed by atoms with Gasteiger partial charge in [0, 0.05) is 52.0 Å². The molecule has 30 heavy (non-hydrogen) atoms. The van der Waals surface area contributed by atoms with Crippen molar-refractivity contribution < 1.29 is 4.74 Å². The molecule has 0 atom stereocenters. The molecule has 0 aliphatic heterocycles. The zero-order valence-electron chi connectivity index (χ0n) is 15.7. The maximum absolute atomic E-state index is 12.8. The Labute approximate surface area is 179 Å². The van der Waals surface area contributed by atoms with Crippen LogP contribution in [-0.2, 0) is 0 Å². The number of aromatic nitrogens is 3. The van der Waals surface area contributed by atoms with Crippen LogP contribution in [-0.4, -0.2) is 27.9 Å². The highest BCUT2D eigenvalue weighted by molar-refractivity contribution is 7.22. The number of thiophene rings is 1. The normalized spacial score (nSPS) is 11.7. The lowest BCUT2D eigenvalue weighted by atomic mass is 10.2. The Bertz CT molecular complexity index is 1390. The second-order valence-electron chi connectivity index (χ2n) is 6.17. The highest BCUT2D eigenvalue weighted by atomic mass is 35.5. The molecule has 7 nitrogen and oxygen atoms in total. The molecule has 9 heteroatoms. The number of aliphatic imine (C=N–C) groups is 1. The van der Waals surface area contributed by atoms with Gasteiger partial charge in [-0.2, -0.15) is 0 Å². The van der Waals surface area contributed by atoms with Gasteiger partial charge in [-0.1, -0.05) is 17.7 Å². The van der Waals surface area contributed by atoms with Crippen molar-refractivity contribution in [3.8, 4) is 16.2 Å². The molecular formula is C21H15ClN4O3S. The van der Waals surface area contributed by atoms with Gasteiger partial charge in [-0.15, -0.1) is 11.3 Å². The number of halogens is 1. The van der Waals surface area contributed by atoms with Crippen molar-refractivity contribution in [3.05, 3.63) is 86.4 Å². The molecule has 0 bridgehead atoms. The third-order valence-corrected chi connectivity index (χ3v) is 5.74. The molecule has 4 aromatic rings. The van der Waals surface area contributed by atoms with Crippen molar-refractivity contribution in [1.29, 1.82) is 0 Å². The van der Waals surface area contributed by atoms with Gasteiger partial charge >= 0.3 is 5.69 Å². The minimum Gasteiger partial charge on any atom is -0.497 e. The van der Waals surface area contributed by atoms with Crippen molar-refractivity contribution in [1.82, 2.24) is 14.5 Å². The van der Waals surface area contributed by atoms with Crippen molar-refractivity contribution in [2.24, 2.45) is 4.99 Å². The first kappa shape index (κ1) is 19.8. The first-order valence-corrected chi connectivity index (χ1v) is 9.98. The first-order chi connectivity index (χ1) is 14.6. The Morgan fingerprint density at radius 2 is 2.13 bits per heavy atom. The molecule has 0 aliphatic carbocycles. The summed E-state index contributed by atoms with van der Waals surface area (Å²) in [7, 11) is 1.57. The number of H-pyrrole nitrogens is 1. The maximum Gasteiger partial charge on any atom is 0.333 e. The summed E-state index contributed by atoms with van der Waals surface area (Å²) in [5.41, 5.74) is 0.989. The first-order valence-electron chi connectivity index (χ1n) is 8.79. The van der Waals surface area contributed by atoms with Crippen LogP contribution in [0, 0.1) is 0 Å². The largest absolute Gasteiger partial charge is 0.497 e. The van der Waals surface area contributed by atoms with Crippen LogP contribution in [0.3, 0.4) is 0 Å². The molecule has 0 amide bonds. The van der Waals surface area contributed by atoms with Crippen LogP contribution in [0.15, 0.2) is 69.6 Å². The lowest BCUT2D eigenvalue weighted by Crippen LogP contribution is -2.30. The minimum absolute atomic E-state index is 0.407. The van der Waals surface area contributed by atoms with Crippen LogP contribution in [0.1, 0.15) is 5.56 Å². The van der Waals surface area contributed by atoms with Gasteiger partial charge in [0.2, 0.25) is 0 Å². The lowest BCUT2D eigenvalue weighted by molar-refractivity contribution is 0.415. The van der Waals surface area contributed by atoms with Gasteiger partial charge in [-0.3, -0.25) is 14.8 Å². The van der Waals surface area contributed by atoms with E-state index in [2.05, 4.69) is 15.0 Å². The van der Waals surface area contributed by atoms with E-state index in [0.717, 1.165) is 20.6 Å². The molecule has 0 aliphatic rings. The fourth-order valence-corrected chi connectivity index (χ4v) is 4.15. The summed E-state index contributed by atoms with van der Waals surface area (Å²) in [5, 5.41) is 0.523. The smallest absolute Gasteiger partial charge is 0.333 e. The molecule has 0 spiro atoms. The monoisotopic (exact) mass is 438 g/mol. The number of ether oxygens (including phenoxy) is 1. The predicted octanol–water partition coefficient (Wildman–Crippen LogP) is 4.02. The molecule has 1 N–H and O–H groups in total. The summed E-state index contributed by atoms with van der Waals surface area (Å²) in [6.45, 7) is 0. The molecule has 0 fully saturated rings. The van der Waals surface area contributed by atoms with Crippen LogP contribution >= 0.6 is 22.9 Å². The van der Waals surface area contributed by atoms with Crippen molar-refractivity contribution in [2.75, 3.05) is 7.11 Å². The van der Waals surface area contributed by atoms with Crippen molar-refractivity contribution >= 4 is 45.6 Å². The number of aromatic amines is 1. The van der Waals surface area contributed by atoms with Crippen LogP contribution < -0.4 is 16.0 Å². The summed E-state index contributed by atoms with van der Waals surface area (Å²) in [4.78, 5) is 36.8. The van der Waals surface area contributed by atoms with Crippen LogP contribution in [0.5, 0.6) is 5.75 Å². The van der Waals surface area contributed by atoms with Crippen LogP contribution in [0.2, 0.25) is 5.02 Å². The Morgan fingerprint density at radius 1 is 1.27 bits per heavy atom. The van der Waals surface area contributed by atoms with E-state index in [0.29, 0.717) is 21.0 Å². The zero-order valence-corrected chi connectivity index (χ0v) is 17.3. The average molecular weight is 439 g/mol. The highest BCUT2D eigenvalue weighted by Gasteiger charge is 2.14. The fourth-order valence-electron chi connectivity index (χ4n) is 2.79. The second-order valence-corrected chi connectivity index (χ2v) is 7.63. The van der Waals surface area contributed by atoms with E-state index in [4.69, 9.17) is 16.3 Å². The van der Waals surface area contributed by atoms with E-state index in [-0.39, 0.29) is 0 Å². The van der Waals surface area contributed by atoms with Gasteiger partial charge in [0.05, 0.1) is 12.6 Å². The van der Waals surface area contributed by atoms with E-state index in [1.54, 1.807) is 56.0 Å². The number of fused-ring (bicyclic) bond motifs is 1. The van der Waals surface area contributed by atoms with E-state index >= 15 is 0 Å². The number of pyridine rings is 1.